The first-order valence-corrected chi connectivity index (χ1v) is 9.10. The molecule has 2 heterocycles. The van der Waals surface area contributed by atoms with Crippen molar-refractivity contribution in [2.24, 2.45) is 5.92 Å². The summed E-state index contributed by atoms with van der Waals surface area (Å²) in [4.78, 5) is 23.4. The van der Waals surface area contributed by atoms with E-state index >= 15 is 0 Å². The largest absolute Gasteiger partial charge is 0.356 e. The second-order valence-electron chi connectivity index (χ2n) is 6.71. The molecule has 0 bridgehead atoms. The Labute approximate surface area is 149 Å². The first kappa shape index (κ1) is 17.4. The quantitative estimate of drug-likeness (QED) is 0.909. The molecule has 1 amide bonds. The van der Waals surface area contributed by atoms with Gasteiger partial charge in [0.1, 0.15) is 12.1 Å². The van der Waals surface area contributed by atoms with E-state index in [-0.39, 0.29) is 17.9 Å². The summed E-state index contributed by atoms with van der Waals surface area (Å²) in [5.74, 6) is 1.25. The van der Waals surface area contributed by atoms with Gasteiger partial charge in [0.25, 0.3) is 0 Å². The lowest BCUT2D eigenvalue weighted by Crippen LogP contribution is -2.43. The average molecular weight is 338 g/mol. The summed E-state index contributed by atoms with van der Waals surface area (Å²) in [6.45, 7) is 5.85. The maximum Gasteiger partial charge on any atom is 0.223 e. The fourth-order valence-electron chi connectivity index (χ4n) is 3.12. The van der Waals surface area contributed by atoms with Crippen molar-refractivity contribution in [2.45, 2.75) is 39.2 Å². The molecule has 3 rings (SSSR count). The number of nitrogens with zero attached hydrogens (tertiary/aromatic N) is 3. The van der Waals surface area contributed by atoms with Crippen LogP contribution in [0.15, 0.2) is 42.7 Å². The molecule has 132 valence electrons. The zero-order valence-corrected chi connectivity index (χ0v) is 15.0. The fraction of sp³-hybridized carbons (Fsp3) is 0.450. The third kappa shape index (κ3) is 4.35. The Morgan fingerprint density at radius 2 is 1.96 bits per heavy atom. The van der Waals surface area contributed by atoms with E-state index in [1.165, 1.54) is 0 Å². The molecule has 1 aromatic carbocycles. The van der Waals surface area contributed by atoms with E-state index in [1.54, 1.807) is 6.33 Å². The minimum atomic E-state index is 0.112. The van der Waals surface area contributed by atoms with Gasteiger partial charge in [0.2, 0.25) is 5.91 Å². The summed E-state index contributed by atoms with van der Waals surface area (Å²) in [5, 5.41) is 3.10. The number of carbonyl (C=O) groups is 1. The van der Waals surface area contributed by atoms with E-state index in [0.717, 1.165) is 49.4 Å². The average Bonchev–Trinajstić information content (AvgIpc) is 2.68. The van der Waals surface area contributed by atoms with Crippen LogP contribution in [0.5, 0.6) is 0 Å². The van der Waals surface area contributed by atoms with Gasteiger partial charge < -0.3 is 10.2 Å². The van der Waals surface area contributed by atoms with Gasteiger partial charge in [-0.2, -0.15) is 0 Å². The third-order valence-corrected chi connectivity index (χ3v) is 4.91. The molecular weight excluding hydrogens is 312 g/mol. The van der Waals surface area contributed by atoms with Gasteiger partial charge in [0.15, 0.2) is 0 Å². The Bertz CT molecular complexity index is 696. The number of carbonyl (C=O) groups excluding carboxylic acids is 1. The summed E-state index contributed by atoms with van der Waals surface area (Å²) in [6.07, 6.45) is 4.33. The van der Waals surface area contributed by atoms with Crippen LogP contribution in [-0.2, 0) is 4.79 Å². The van der Waals surface area contributed by atoms with Crippen LogP contribution in [-0.4, -0.2) is 35.0 Å². The molecule has 0 saturated carbocycles. The molecule has 2 aromatic rings. The van der Waals surface area contributed by atoms with Crippen LogP contribution in [0.1, 0.15) is 33.1 Å². The van der Waals surface area contributed by atoms with Crippen molar-refractivity contribution in [3.63, 3.8) is 0 Å². The first-order valence-electron chi connectivity index (χ1n) is 9.10. The Morgan fingerprint density at radius 3 is 2.64 bits per heavy atom. The van der Waals surface area contributed by atoms with Crippen molar-refractivity contribution in [1.29, 1.82) is 0 Å². The lowest BCUT2D eigenvalue weighted by atomic mass is 9.95. The van der Waals surface area contributed by atoms with E-state index in [9.17, 15) is 4.79 Å². The predicted molar refractivity (Wildman–Crippen MR) is 100 cm³/mol. The number of hydrogen-bond donors (Lipinski definition) is 1. The summed E-state index contributed by atoms with van der Waals surface area (Å²) < 4.78 is 0. The number of amides is 1. The van der Waals surface area contributed by atoms with Gasteiger partial charge in [0.05, 0.1) is 5.69 Å². The number of rotatable bonds is 5. The van der Waals surface area contributed by atoms with Gasteiger partial charge in [-0.1, -0.05) is 37.3 Å². The Hall–Kier alpha value is -2.43. The molecule has 5 heteroatoms. The molecule has 1 aliphatic heterocycles. The fourth-order valence-corrected chi connectivity index (χ4v) is 3.12. The molecule has 0 radical (unpaired) electrons. The van der Waals surface area contributed by atoms with Crippen LogP contribution in [0, 0.1) is 5.92 Å². The Balaban J connectivity index is 1.63. The summed E-state index contributed by atoms with van der Waals surface area (Å²) in [5.41, 5.74) is 2.02. The van der Waals surface area contributed by atoms with Crippen molar-refractivity contribution < 1.29 is 4.79 Å². The van der Waals surface area contributed by atoms with Crippen LogP contribution in [0.25, 0.3) is 11.3 Å². The van der Waals surface area contributed by atoms with Crippen LogP contribution in [0.3, 0.4) is 0 Å². The van der Waals surface area contributed by atoms with Gasteiger partial charge in [-0.15, -0.1) is 0 Å². The molecule has 1 saturated heterocycles. The highest BCUT2D eigenvalue weighted by Crippen LogP contribution is 2.25. The zero-order valence-electron chi connectivity index (χ0n) is 15.0. The van der Waals surface area contributed by atoms with Crippen molar-refractivity contribution >= 4 is 11.7 Å². The molecule has 1 N–H and O–H groups in total. The molecule has 1 aliphatic rings. The normalized spacial score (nSPS) is 16.5. The second-order valence-corrected chi connectivity index (χ2v) is 6.71. The van der Waals surface area contributed by atoms with Crippen LogP contribution >= 0.6 is 0 Å². The lowest BCUT2D eigenvalue weighted by Gasteiger charge is -2.32. The number of piperidine rings is 1. The predicted octanol–water partition coefficient (Wildman–Crippen LogP) is 3.27. The Kier molecular flexibility index (Phi) is 5.64. The Morgan fingerprint density at radius 1 is 1.24 bits per heavy atom. The summed E-state index contributed by atoms with van der Waals surface area (Å²) >= 11 is 0. The molecule has 1 atom stereocenters. The SMILES string of the molecule is CC[C@H](C)NC(=O)C1CCN(c2cc(-c3ccccc3)ncn2)CC1. The topological polar surface area (TPSA) is 58.1 Å². The van der Waals surface area contributed by atoms with Crippen LogP contribution < -0.4 is 10.2 Å². The van der Waals surface area contributed by atoms with E-state index in [0.29, 0.717) is 0 Å². The standard InChI is InChI=1S/C20H26N4O/c1-3-15(2)23-20(25)17-9-11-24(12-10-17)19-13-18(21-14-22-19)16-7-5-4-6-8-16/h4-8,13-15,17H,3,9-12H2,1-2H3,(H,23,25)/t15-/m0/s1. The molecule has 1 fully saturated rings. The lowest BCUT2D eigenvalue weighted by molar-refractivity contribution is -0.126. The monoisotopic (exact) mass is 338 g/mol. The van der Waals surface area contributed by atoms with Crippen LogP contribution in [0.2, 0.25) is 0 Å². The number of hydrogen-bond acceptors (Lipinski definition) is 4. The summed E-state index contributed by atoms with van der Waals surface area (Å²) in [6, 6.07) is 12.4. The molecule has 1 aromatic heterocycles. The van der Waals surface area contributed by atoms with Gasteiger partial charge in [-0.05, 0) is 26.2 Å². The molecule has 0 spiro atoms. The number of anilines is 1. The maximum absolute atomic E-state index is 12.3. The molecule has 25 heavy (non-hydrogen) atoms. The molecule has 0 aliphatic carbocycles. The van der Waals surface area contributed by atoms with Crippen molar-refractivity contribution in [3.8, 4) is 11.3 Å². The van der Waals surface area contributed by atoms with E-state index < -0.39 is 0 Å². The minimum absolute atomic E-state index is 0.112. The van der Waals surface area contributed by atoms with E-state index in [2.05, 4.69) is 46.2 Å². The van der Waals surface area contributed by atoms with Crippen molar-refractivity contribution in [3.05, 3.63) is 42.7 Å². The number of aromatic nitrogens is 2. The first-order chi connectivity index (χ1) is 12.2. The molecule has 5 nitrogen and oxygen atoms in total. The van der Waals surface area contributed by atoms with Crippen molar-refractivity contribution in [1.82, 2.24) is 15.3 Å². The highest BCUT2D eigenvalue weighted by molar-refractivity contribution is 5.79. The highest BCUT2D eigenvalue weighted by Gasteiger charge is 2.26. The molecular formula is C20H26N4O. The van der Waals surface area contributed by atoms with Gasteiger partial charge in [-0.3, -0.25) is 4.79 Å². The highest BCUT2D eigenvalue weighted by atomic mass is 16.1. The van der Waals surface area contributed by atoms with Gasteiger partial charge in [0, 0.05) is 36.7 Å². The van der Waals surface area contributed by atoms with Gasteiger partial charge >= 0.3 is 0 Å². The maximum atomic E-state index is 12.3. The smallest absolute Gasteiger partial charge is 0.223 e. The third-order valence-electron chi connectivity index (χ3n) is 4.91. The zero-order chi connectivity index (χ0) is 17.6. The van der Waals surface area contributed by atoms with Gasteiger partial charge in [-0.25, -0.2) is 9.97 Å². The van der Waals surface area contributed by atoms with Crippen LogP contribution in [0.4, 0.5) is 5.82 Å². The number of nitrogens with one attached hydrogen (secondary N) is 1. The van der Waals surface area contributed by atoms with E-state index in [4.69, 9.17) is 0 Å². The van der Waals surface area contributed by atoms with Crippen molar-refractivity contribution in [2.75, 3.05) is 18.0 Å². The minimum Gasteiger partial charge on any atom is -0.356 e. The summed E-state index contributed by atoms with van der Waals surface area (Å²) in [7, 11) is 0. The molecule has 0 unspecified atom stereocenters. The second kappa shape index (κ2) is 8.10. The number of benzene rings is 1. The van der Waals surface area contributed by atoms with E-state index in [1.807, 2.05) is 24.3 Å².